The van der Waals surface area contributed by atoms with Gasteiger partial charge in [0.1, 0.15) is 29.8 Å². The number of ether oxygens (including phenoxy) is 3. The van der Waals surface area contributed by atoms with Crippen LogP contribution in [-0.2, 0) is 23.9 Å². The Kier molecular flexibility index (Phi) is 12.2. The van der Waals surface area contributed by atoms with Gasteiger partial charge in [0.2, 0.25) is 11.8 Å². The number of halogens is 1. The van der Waals surface area contributed by atoms with Gasteiger partial charge in [-0.25, -0.2) is 14.1 Å². The van der Waals surface area contributed by atoms with E-state index < -0.39 is 53.8 Å². The quantitative estimate of drug-likeness (QED) is 0.144. The van der Waals surface area contributed by atoms with Crippen LogP contribution >= 0.6 is 11.3 Å². The normalized spacial score (nSPS) is 17.2. The van der Waals surface area contributed by atoms with E-state index in [4.69, 9.17) is 19.3 Å². The molecule has 48 heavy (non-hydrogen) atoms. The largest absolute Gasteiger partial charge is 0.475 e. The fraction of sp³-hybridized carbons (Fsp3) is 0.531. The number of rotatable bonds is 14. The maximum Gasteiger partial charge on any atom is 0.308 e. The number of carbonyl (C=O) groups is 4. The van der Waals surface area contributed by atoms with E-state index in [-0.39, 0.29) is 48.2 Å². The number of amides is 2. The summed E-state index contributed by atoms with van der Waals surface area (Å²) in [5.41, 5.74) is 2.62. The first kappa shape index (κ1) is 36.4. The van der Waals surface area contributed by atoms with Crippen LogP contribution in [0.5, 0.6) is 11.6 Å². The molecule has 16 heteroatoms. The number of hydrogen-bond donors (Lipinski definition) is 2. The summed E-state index contributed by atoms with van der Waals surface area (Å²) < 4.78 is 33.3. The molecular formula is C32H41FN6O8S. The second-order valence-electron chi connectivity index (χ2n) is 11.9. The van der Waals surface area contributed by atoms with Gasteiger partial charge in [-0.2, -0.15) is 0 Å². The lowest BCUT2D eigenvalue weighted by Gasteiger charge is -2.30. The summed E-state index contributed by atoms with van der Waals surface area (Å²) in [6.07, 6.45) is 1.96. The number of carbonyl (C=O) groups excluding carboxylic acids is 4. The molecule has 2 aromatic heterocycles. The fourth-order valence-corrected chi connectivity index (χ4v) is 6.43. The molecule has 1 aromatic carbocycles. The topological polar surface area (TPSA) is 175 Å². The summed E-state index contributed by atoms with van der Waals surface area (Å²) in [4.78, 5) is 58.0. The monoisotopic (exact) mass is 688 g/mol. The fourth-order valence-electron chi connectivity index (χ4n) is 5.61. The molecule has 1 fully saturated rings. The number of aryl methyl sites for hydroxylation is 1. The van der Waals surface area contributed by atoms with E-state index in [0.717, 1.165) is 0 Å². The van der Waals surface area contributed by atoms with E-state index >= 15 is 4.39 Å². The summed E-state index contributed by atoms with van der Waals surface area (Å²) in [6.45, 7) is 9.78. The number of hydrogen-bond acceptors (Lipinski definition) is 12. The van der Waals surface area contributed by atoms with Crippen molar-refractivity contribution < 1.29 is 42.9 Å². The average Bonchev–Trinajstić information content (AvgIpc) is 3.75. The number of nitrogens with one attached hydrogen (secondary N) is 1. The third-order valence-electron chi connectivity index (χ3n) is 7.81. The predicted octanol–water partition coefficient (Wildman–Crippen LogP) is 3.53. The highest BCUT2D eigenvalue weighted by molar-refractivity contribution is 7.13. The van der Waals surface area contributed by atoms with Crippen molar-refractivity contribution in [3.8, 4) is 22.1 Å². The second-order valence-corrected chi connectivity index (χ2v) is 12.8. The molecule has 3 heterocycles. The van der Waals surface area contributed by atoms with Crippen LogP contribution in [0, 0.1) is 18.7 Å². The molecule has 2 N–H and O–H groups in total. The number of benzene rings is 1. The van der Waals surface area contributed by atoms with Gasteiger partial charge in [-0.3, -0.25) is 19.2 Å². The minimum Gasteiger partial charge on any atom is -0.475 e. The van der Waals surface area contributed by atoms with Gasteiger partial charge in [0.25, 0.3) is 5.88 Å². The molecule has 0 bridgehead atoms. The number of aromatic nitrogens is 4. The number of thiazole rings is 1. The maximum absolute atomic E-state index is 15.5. The Balaban J connectivity index is 1.59. The van der Waals surface area contributed by atoms with Gasteiger partial charge < -0.3 is 29.5 Å². The summed E-state index contributed by atoms with van der Waals surface area (Å²) in [5.74, 6) is -2.80. The first-order valence-electron chi connectivity index (χ1n) is 15.7. The van der Waals surface area contributed by atoms with Crippen molar-refractivity contribution in [2.45, 2.75) is 85.0 Å². The number of aliphatic hydroxyl groups is 1. The van der Waals surface area contributed by atoms with E-state index in [2.05, 4.69) is 20.6 Å². The van der Waals surface area contributed by atoms with Crippen molar-refractivity contribution in [2.75, 3.05) is 19.8 Å². The standard InChI is InChI=1S/C32H41FN6O8S/c1-17(2)29(39-15-28(36-37-39)45-10-8-7-9-40)32(44)38-14-22(46-20(5)41)11-26(38)31(43)35-18(3)23-12-25(33)24(13-27(23)47-21(6)42)30-19(4)34-16-48-30/h12-13,15-18,22,26,29,40H,7-11,14H2,1-6H3,(H,35,43)/t18-,22+,26-,29-/m0/s1. The van der Waals surface area contributed by atoms with E-state index in [1.54, 1.807) is 19.4 Å². The van der Waals surface area contributed by atoms with E-state index in [0.29, 0.717) is 30.0 Å². The minimum absolute atomic E-state index is 0.0278. The van der Waals surface area contributed by atoms with E-state index in [1.807, 2.05) is 13.8 Å². The number of aliphatic hydroxyl groups excluding tert-OH is 1. The highest BCUT2D eigenvalue weighted by Crippen LogP contribution is 2.37. The Bertz CT molecular complexity index is 1630. The van der Waals surface area contributed by atoms with Crippen molar-refractivity contribution in [2.24, 2.45) is 5.92 Å². The van der Waals surface area contributed by atoms with Gasteiger partial charge in [0.05, 0.1) is 41.5 Å². The Hall–Kier alpha value is -4.44. The van der Waals surface area contributed by atoms with Crippen molar-refractivity contribution in [1.82, 2.24) is 30.2 Å². The van der Waals surface area contributed by atoms with Crippen molar-refractivity contribution in [3.05, 3.63) is 40.9 Å². The lowest BCUT2D eigenvalue weighted by Crippen LogP contribution is -2.49. The summed E-state index contributed by atoms with van der Waals surface area (Å²) in [6, 6.07) is -0.162. The third kappa shape index (κ3) is 8.72. The molecule has 260 valence electrons. The first-order valence-corrected chi connectivity index (χ1v) is 16.5. The van der Waals surface area contributed by atoms with Crippen LogP contribution in [0.15, 0.2) is 23.8 Å². The van der Waals surface area contributed by atoms with Crippen molar-refractivity contribution in [3.63, 3.8) is 0 Å². The van der Waals surface area contributed by atoms with Crippen LogP contribution in [-0.4, -0.2) is 85.6 Å². The first-order chi connectivity index (χ1) is 22.8. The lowest BCUT2D eigenvalue weighted by atomic mass is 10.0. The van der Waals surface area contributed by atoms with E-state index in [1.165, 1.54) is 53.1 Å². The molecule has 0 saturated carbocycles. The predicted molar refractivity (Wildman–Crippen MR) is 171 cm³/mol. The SMILES string of the molecule is CC(=O)Oc1cc(-c2scnc2C)c(F)cc1[C@H](C)NC(=O)[C@@H]1C[C@@H](OC(C)=O)CN1C(=O)[C@H](C(C)C)n1cc(OCCCCO)nn1. The Labute approximate surface area is 281 Å². The van der Waals surface area contributed by atoms with Gasteiger partial charge in [-0.05, 0) is 44.7 Å². The minimum atomic E-state index is -1.05. The van der Waals surface area contributed by atoms with Crippen molar-refractivity contribution >= 4 is 35.1 Å². The molecule has 1 aliphatic heterocycles. The van der Waals surface area contributed by atoms with Crippen LogP contribution in [0.1, 0.15) is 77.2 Å². The van der Waals surface area contributed by atoms with Gasteiger partial charge in [-0.15, -0.1) is 11.3 Å². The molecule has 0 spiro atoms. The third-order valence-corrected chi connectivity index (χ3v) is 8.77. The van der Waals surface area contributed by atoms with Gasteiger partial charge in [-0.1, -0.05) is 24.2 Å². The molecule has 0 unspecified atom stereocenters. The molecule has 1 aliphatic rings. The lowest BCUT2D eigenvalue weighted by molar-refractivity contribution is -0.147. The highest BCUT2D eigenvalue weighted by atomic mass is 32.1. The van der Waals surface area contributed by atoms with Crippen LogP contribution in [0.3, 0.4) is 0 Å². The molecule has 2 amide bonds. The highest BCUT2D eigenvalue weighted by Gasteiger charge is 2.44. The summed E-state index contributed by atoms with van der Waals surface area (Å²) in [5, 5.41) is 19.9. The molecule has 4 rings (SSSR count). The van der Waals surface area contributed by atoms with Crippen LogP contribution < -0.4 is 14.8 Å². The van der Waals surface area contributed by atoms with E-state index in [9.17, 15) is 19.2 Å². The Morgan fingerprint density at radius 2 is 1.90 bits per heavy atom. The molecule has 14 nitrogen and oxygen atoms in total. The molecule has 1 saturated heterocycles. The molecule has 3 aromatic rings. The zero-order chi connectivity index (χ0) is 35.1. The Morgan fingerprint density at radius 1 is 1.15 bits per heavy atom. The summed E-state index contributed by atoms with van der Waals surface area (Å²) in [7, 11) is 0. The van der Waals surface area contributed by atoms with Crippen LogP contribution in [0.4, 0.5) is 4.39 Å². The van der Waals surface area contributed by atoms with Crippen LogP contribution in [0.2, 0.25) is 0 Å². The van der Waals surface area contributed by atoms with Gasteiger partial charge in [0, 0.05) is 38.0 Å². The van der Waals surface area contributed by atoms with Crippen molar-refractivity contribution in [1.29, 1.82) is 0 Å². The number of esters is 2. The molecule has 4 atom stereocenters. The molecule has 0 radical (unpaired) electrons. The smallest absolute Gasteiger partial charge is 0.308 e. The zero-order valence-electron chi connectivity index (χ0n) is 27.8. The number of likely N-dealkylation sites (tertiary alicyclic amines) is 1. The Morgan fingerprint density at radius 3 is 2.52 bits per heavy atom. The van der Waals surface area contributed by atoms with Gasteiger partial charge in [0.15, 0.2) is 0 Å². The number of unbranched alkanes of at least 4 members (excludes halogenated alkanes) is 1. The molecular weight excluding hydrogens is 647 g/mol. The van der Waals surface area contributed by atoms with Gasteiger partial charge >= 0.3 is 11.9 Å². The summed E-state index contributed by atoms with van der Waals surface area (Å²) >= 11 is 1.24. The second kappa shape index (κ2) is 16.1. The number of nitrogens with zero attached hydrogens (tertiary/aromatic N) is 5. The molecule has 0 aliphatic carbocycles. The maximum atomic E-state index is 15.5. The van der Waals surface area contributed by atoms with Crippen LogP contribution in [0.25, 0.3) is 10.4 Å². The zero-order valence-corrected chi connectivity index (χ0v) is 28.6. The average molecular weight is 689 g/mol.